The third-order valence-electron chi connectivity index (χ3n) is 4.03. The van der Waals surface area contributed by atoms with Crippen molar-refractivity contribution in [2.45, 2.75) is 25.7 Å². The lowest BCUT2D eigenvalue weighted by atomic mass is 9.97. The fourth-order valence-electron chi connectivity index (χ4n) is 2.92. The van der Waals surface area contributed by atoms with E-state index in [0.717, 1.165) is 23.1 Å². The van der Waals surface area contributed by atoms with E-state index in [9.17, 15) is 4.39 Å². The summed E-state index contributed by atoms with van der Waals surface area (Å²) in [6, 6.07) is 6.54. The number of benzene rings is 1. The van der Waals surface area contributed by atoms with E-state index >= 15 is 0 Å². The van der Waals surface area contributed by atoms with E-state index in [0.29, 0.717) is 11.4 Å². The molecule has 0 bridgehead atoms. The summed E-state index contributed by atoms with van der Waals surface area (Å²) in [6.07, 6.45) is 7.64. The van der Waals surface area contributed by atoms with E-state index in [-0.39, 0.29) is 5.82 Å². The van der Waals surface area contributed by atoms with Gasteiger partial charge in [-0.05, 0) is 37.3 Å². The van der Waals surface area contributed by atoms with E-state index < -0.39 is 0 Å². The van der Waals surface area contributed by atoms with Gasteiger partial charge in [-0.2, -0.15) is 5.10 Å². The van der Waals surface area contributed by atoms with Crippen molar-refractivity contribution in [3.05, 3.63) is 52.4 Å². The zero-order valence-corrected chi connectivity index (χ0v) is 13.2. The lowest BCUT2D eigenvalue weighted by Crippen LogP contribution is -2.01. The van der Waals surface area contributed by atoms with Crippen molar-refractivity contribution >= 4 is 33.6 Å². The molecule has 1 aliphatic rings. The summed E-state index contributed by atoms with van der Waals surface area (Å²) in [5.41, 5.74) is 4.75. The number of rotatable bonds is 3. The number of nitrogens with zero attached hydrogens (tertiary/aromatic N) is 3. The maximum absolute atomic E-state index is 13.6. The molecule has 0 fully saturated rings. The van der Waals surface area contributed by atoms with Crippen molar-refractivity contribution in [2.75, 3.05) is 5.43 Å². The number of aromatic nitrogens is 2. The first-order chi connectivity index (χ1) is 11.3. The predicted molar refractivity (Wildman–Crippen MR) is 91.7 cm³/mol. The highest BCUT2D eigenvalue weighted by atomic mass is 32.1. The van der Waals surface area contributed by atoms with Crippen LogP contribution in [0.15, 0.2) is 35.7 Å². The highest BCUT2D eigenvalue weighted by Crippen LogP contribution is 2.38. The summed E-state index contributed by atoms with van der Waals surface area (Å²) in [7, 11) is 0. The molecule has 0 unspecified atom stereocenters. The summed E-state index contributed by atoms with van der Waals surface area (Å²) in [6.45, 7) is 0. The number of thiophene rings is 1. The Morgan fingerprint density at radius 3 is 2.96 bits per heavy atom. The quantitative estimate of drug-likeness (QED) is 0.581. The Balaban J connectivity index is 1.67. The van der Waals surface area contributed by atoms with Crippen LogP contribution in [-0.2, 0) is 12.8 Å². The molecule has 0 radical (unpaired) electrons. The third-order valence-corrected chi connectivity index (χ3v) is 5.23. The maximum Gasteiger partial charge on any atom is 0.158 e. The molecular formula is C17H15FN4S. The van der Waals surface area contributed by atoms with Gasteiger partial charge in [0.15, 0.2) is 5.82 Å². The second-order valence-electron chi connectivity index (χ2n) is 5.50. The maximum atomic E-state index is 13.6. The highest BCUT2D eigenvalue weighted by Gasteiger charge is 2.19. The molecule has 2 heterocycles. The van der Waals surface area contributed by atoms with Gasteiger partial charge in [-0.15, -0.1) is 11.3 Å². The van der Waals surface area contributed by atoms with Crippen LogP contribution >= 0.6 is 11.3 Å². The van der Waals surface area contributed by atoms with E-state index in [2.05, 4.69) is 20.5 Å². The standard InChI is InChI=1S/C17H15FN4S/c18-13-7-3-1-5-11(13)9-21-22-16-15-12-6-2-4-8-14(12)23-17(15)20-10-19-16/h1,3,5,7,9-10H,2,4,6,8H2,(H,19,20,22)/b21-9+. The van der Waals surface area contributed by atoms with Crippen LogP contribution in [0.4, 0.5) is 10.2 Å². The lowest BCUT2D eigenvalue weighted by molar-refractivity contribution is 0.626. The number of hydrazone groups is 1. The molecule has 2 aromatic heterocycles. The average Bonchev–Trinajstić information content (AvgIpc) is 2.96. The van der Waals surface area contributed by atoms with Gasteiger partial charge in [0.25, 0.3) is 0 Å². The van der Waals surface area contributed by atoms with Crippen molar-refractivity contribution in [2.24, 2.45) is 5.10 Å². The van der Waals surface area contributed by atoms with E-state index in [1.54, 1.807) is 35.9 Å². The fraction of sp³-hybridized carbons (Fsp3) is 0.235. The second kappa shape index (κ2) is 6.04. The van der Waals surface area contributed by atoms with Crippen molar-refractivity contribution in [3.8, 4) is 0 Å². The molecule has 0 aliphatic heterocycles. The van der Waals surface area contributed by atoms with Crippen LogP contribution < -0.4 is 5.43 Å². The number of aryl methyl sites for hydroxylation is 2. The minimum Gasteiger partial charge on any atom is -0.261 e. The zero-order valence-electron chi connectivity index (χ0n) is 12.4. The zero-order chi connectivity index (χ0) is 15.6. The summed E-state index contributed by atoms with van der Waals surface area (Å²) >= 11 is 1.74. The van der Waals surface area contributed by atoms with Crippen molar-refractivity contribution in [1.82, 2.24) is 9.97 Å². The Morgan fingerprint density at radius 1 is 1.17 bits per heavy atom. The Morgan fingerprint density at radius 2 is 2.04 bits per heavy atom. The van der Waals surface area contributed by atoms with Gasteiger partial charge in [0.05, 0.1) is 11.6 Å². The number of hydrogen-bond donors (Lipinski definition) is 1. The fourth-order valence-corrected chi connectivity index (χ4v) is 4.15. The Hall–Kier alpha value is -2.34. The molecule has 0 saturated heterocycles. The molecular weight excluding hydrogens is 311 g/mol. The Bertz CT molecular complexity index is 887. The van der Waals surface area contributed by atoms with Crippen LogP contribution in [0.5, 0.6) is 0 Å². The molecule has 0 atom stereocenters. The monoisotopic (exact) mass is 326 g/mol. The molecule has 3 aromatic rings. The third kappa shape index (κ3) is 2.70. The summed E-state index contributed by atoms with van der Waals surface area (Å²) in [5, 5.41) is 5.22. The van der Waals surface area contributed by atoms with Crippen molar-refractivity contribution < 1.29 is 4.39 Å². The molecule has 1 aromatic carbocycles. The Kier molecular flexibility index (Phi) is 3.75. The normalized spacial score (nSPS) is 14.3. The van der Waals surface area contributed by atoms with Crippen LogP contribution in [0, 0.1) is 5.82 Å². The van der Waals surface area contributed by atoms with Gasteiger partial charge in [0, 0.05) is 10.4 Å². The van der Waals surface area contributed by atoms with Crippen LogP contribution in [-0.4, -0.2) is 16.2 Å². The molecule has 6 heteroatoms. The lowest BCUT2D eigenvalue weighted by Gasteiger charge is -2.11. The Labute approximate surface area is 137 Å². The summed E-state index contributed by atoms with van der Waals surface area (Å²) < 4.78 is 13.6. The summed E-state index contributed by atoms with van der Waals surface area (Å²) in [5.74, 6) is 0.404. The van der Waals surface area contributed by atoms with Gasteiger partial charge in [-0.25, -0.2) is 14.4 Å². The van der Waals surface area contributed by atoms with Gasteiger partial charge >= 0.3 is 0 Å². The van der Waals surface area contributed by atoms with Crippen LogP contribution in [0.3, 0.4) is 0 Å². The van der Waals surface area contributed by atoms with Gasteiger partial charge < -0.3 is 0 Å². The minimum absolute atomic E-state index is 0.293. The van der Waals surface area contributed by atoms with Gasteiger partial charge in [-0.1, -0.05) is 18.2 Å². The SMILES string of the molecule is Fc1ccccc1/C=N/Nc1ncnc2sc3c(c12)CCCC3. The highest BCUT2D eigenvalue weighted by molar-refractivity contribution is 7.19. The van der Waals surface area contributed by atoms with Crippen LogP contribution in [0.25, 0.3) is 10.2 Å². The first-order valence-corrected chi connectivity index (χ1v) is 8.43. The predicted octanol–water partition coefficient (Wildman–Crippen LogP) is 4.16. The molecule has 0 amide bonds. The first kappa shape index (κ1) is 14.3. The molecule has 1 aliphatic carbocycles. The minimum atomic E-state index is -0.293. The molecule has 1 N–H and O–H groups in total. The van der Waals surface area contributed by atoms with Gasteiger partial charge in [0.1, 0.15) is 17.0 Å². The number of nitrogens with one attached hydrogen (secondary N) is 1. The van der Waals surface area contributed by atoms with Gasteiger partial charge in [-0.3, -0.25) is 5.43 Å². The topological polar surface area (TPSA) is 50.2 Å². The number of hydrogen-bond acceptors (Lipinski definition) is 5. The average molecular weight is 326 g/mol. The van der Waals surface area contributed by atoms with Crippen molar-refractivity contribution in [1.29, 1.82) is 0 Å². The smallest absolute Gasteiger partial charge is 0.158 e. The molecule has 116 valence electrons. The van der Waals surface area contributed by atoms with E-state index in [1.807, 2.05) is 0 Å². The van der Waals surface area contributed by atoms with Crippen LogP contribution in [0.2, 0.25) is 0 Å². The molecule has 0 saturated carbocycles. The number of anilines is 1. The van der Waals surface area contributed by atoms with Crippen LogP contribution in [0.1, 0.15) is 28.8 Å². The molecule has 4 nitrogen and oxygen atoms in total. The molecule has 23 heavy (non-hydrogen) atoms. The van der Waals surface area contributed by atoms with E-state index in [1.165, 1.54) is 35.6 Å². The number of fused-ring (bicyclic) bond motifs is 3. The largest absolute Gasteiger partial charge is 0.261 e. The van der Waals surface area contributed by atoms with Crippen molar-refractivity contribution in [3.63, 3.8) is 0 Å². The second-order valence-corrected chi connectivity index (χ2v) is 6.59. The van der Waals surface area contributed by atoms with Gasteiger partial charge in [0.2, 0.25) is 0 Å². The molecule has 0 spiro atoms. The van der Waals surface area contributed by atoms with E-state index in [4.69, 9.17) is 0 Å². The number of halogens is 1. The molecule has 4 rings (SSSR count). The first-order valence-electron chi connectivity index (χ1n) is 7.62. The summed E-state index contributed by atoms with van der Waals surface area (Å²) in [4.78, 5) is 11.1.